The van der Waals surface area contributed by atoms with E-state index in [1.165, 1.54) is 12.1 Å². The molecule has 0 aliphatic carbocycles. The van der Waals surface area contributed by atoms with Crippen molar-refractivity contribution in [2.45, 2.75) is 19.8 Å². The monoisotopic (exact) mass is 407 g/mol. The van der Waals surface area contributed by atoms with Gasteiger partial charge in [0.1, 0.15) is 18.2 Å². The van der Waals surface area contributed by atoms with Gasteiger partial charge >= 0.3 is 0 Å². The molecule has 0 bridgehead atoms. The fraction of sp³-hybridized carbons (Fsp3) is 0.533. The summed E-state index contributed by atoms with van der Waals surface area (Å²) in [6.45, 7) is 5.09. The minimum Gasteiger partial charge on any atom is -0.492 e. The Balaban J connectivity index is 0.00000220. The summed E-state index contributed by atoms with van der Waals surface area (Å²) < 4.78 is 18.4. The van der Waals surface area contributed by atoms with Gasteiger partial charge in [0.05, 0.1) is 6.54 Å². The van der Waals surface area contributed by atoms with E-state index in [-0.39, 0.29) is 29.8 Å². The number of rotatable bonds is 4. The van der Waals surface area contributed by atoms with Crippen molar-refractivity contribution in [1.29, 1.82) is 0 Å². The van der Waals surface area contributed by atoms with Crippen molar-refractivity contribution in [1.82, 2.24) is 4.90 Å². The van der Waals surface area contributed by atoms with Crippen LogP contribution in [-0.4, -0.2) is 37.1 Å². The number of piperidine rings is 1. The Morgan fingerprint density at radius 3 is 2.81 bits per heavy atom. The maximum absolute atomic E-state index is 12.9. The molecule has 21 heavy (non-hydrogen) atoms. The zero-order valence-electron chi connectivity index (χ0n) is 12.3. The molecule has 2 N–H and O–H groups in total. The maximum Gasteiger partial charge on any atom is 0.191 e. The number of nitrogens with zero attached hydrogens (tertiary/aromatic N) is 2. The molecule has 1 fully saturated rings. The Bertz CT molecular complexity index is 462. The average Bonchev–Trinajstić information content (AvgIpc) is 2.44. The van der Waals surface area contributed by atoms with E-state index in [0.717, 1.165) is 31.8 Å². The van der Waals surface area contributed by atoms with Crippen molar-refractivity contribution in [2.24, 2.45) is 16.6 Å². The zero-order chi connectivity index (χ0) is 14.4. The number of aliphatic imine (C=N–C) groups is 1. The van der Waals surface area contributed by atoms with E-state index in [9.17, 15) is 4.39 Å². The first kappa shape index (κ1) is 18.0. The van der Waals surface area contributed by atoms with Gasteiger partial charge in [-0.05, 0) is 30.9 Å². The number of guanidine groups is 1. The molecule has 1 aliphatic rings. The zero-order valence-corrected chi connectivity index (χ0v) is 14.6. The van der Waals surface area contributed by atoms with E-state index >= 15 is 0 Å². The summed E-state index contributed by atoms with van der Waals surface area (Å²) >= 11 is 0. The van der Waals surface area contributed by atoms with Crippen LogP contribution in [0.25, 0.3) is 0 Å². The van der Waals surface area contributed by atoms with Crippen LogP contribution in [0.3, 0.4) is 0 Å². The van der Waals surface area contributed by atoms with Crippen LogP contribution >= 0.6 is 24.0 Å². The van der Waals surface area contributed by atoms with Gasteiger partial charge in [0.2, 0.25) is 0 Å². The van der Waals surface area contributed by atoms with Crippen LogP contribution in [-0.2, 0) is 0 Å². The van der Waals surface area contributed by atoms with Gasteiger partial charge in [-0.25, -0.2) is 9.38 Å². The van der Waals surface area contributed by atoms with Crippen molar-refractivity contribution in [2.75, 3.05) is 26.2 Å². The highest BCUT2D eigenvalue weighted by atomic mass is 127. The normalized spacial score (nSPS) is 16.5. The van der Waals surface area contributed by atoms with Gasteiger partial charge in [-0.15, -0.1) is 24.0 Å². The van der Waals surface area contributed by atoms with Crippen molar-refractivity contribution in [3.63, 3.8) is 0 Å². The molecule has 4 nitrogen and oxygen atoms in total. The summed E-state index contributed by atoms with van der Waals surface area (Å²) in [5.41, 5.74) is 5.96. The lowest BCUT2D eigenvalue weighted by atomic mass is 10.00. The molecule has 1 aromatic carbocycles. The van der Waals surface area contributed by atoms with Crippen LogP contribution in [0.1, 0.15) is 19.8 Å². The third-order valence-corrected chi connectivity index (χ3v) is 3.54. The molecule has 0 saturated carbocycles. The number of hydrogen-bond donors (Lipinski definition) is 1. The van der Waals surface area contributed by atoms with Crippen molar-refractivity contribution < 1.29 is 9.13 Å². The SMILES string of the molecule is CC1CCN(C(N)=NCCOc2cccc(F)c2)CC1.I. The maximum atomic E-state index is 12.9. The van der Waals surface area contributed by atoms with Gasteiger partial charge in [0.15, 0.2) is 5.96 Å². The lowest BCUT2D eigenvalue weighted by Gasteiger charge is -2.31. The standard InChI is InChI=1S/C15H22FN3O.HI/c1-12-5-8-19(9-6-12)15(17)18-7-10-20-14-4-2-3-13(16)11-14;/h2-4,11-12H,5-10H2,1H3,(H2,17,18);1H. The average molecular weight is 407 g/mol. The topological polar surface area (TPSA) is 50.8 Å². The van der Waals surface area contributed by atoms with E-state index in [0.29, 0.717) is 24.9 Å². The predicted octanol–water partition coefficient (Wildman–Crippen LogP) is 2.87. The van der Waals surface area contributed by atoms with E-state index in [1.807, 2.05) is 0 Å². The largest absolute Gasteiger partial charge is 0.492 e. The molecule has 0 aromatic heterocycles. The lowest BCUT2D eigenvalue weighted by Crippen LogP contribution is -2.42. The highest BCUT2D eigenvalue weighted by Crippen LogP contribution is 2.15. The van der Waals surface area contributed by atoms with Gasteiger partial charge in [-0.3, -0.25) is 0 Å². The van der Waals surface area contributed by atoms with Crippen molar-refractivity contribution in [3.8, 4) is 5.75 Å². The molecule has 1 saturated heterocycles. The minimum absolute atomic E-state index is 0. The fourth-order valence-electron chi connectivity index (χ4n) is 2.22. The predicted molar refractivity (Wildman–Crippen MR) is 93.8 cm³/mol. The van der Waals surface area contributed by atoms with Gasteiger partial charge in [0, 0.05) is 19.2 Å². The second kappa shape index (κ2) is 9.07. The molecule has 1 aliphatic heterocycles. The minimum atomic E-state index is -0.298. The van der Waals surface area contributed by atoms with Crippen LogP contribution < -0.4 is 10.5 Å². The highest BCUT2D eigenvalue weighted by molar-refractivity contribution is 14.0. The van der Waals surface area contributed by atoms with Gasteiger partial charge in [-0.1, -0.05) is 13.0 Å². The fourth-order valence-corrected chi connectivity index (χ4v) is 2.22. The summed E-state index contributed by atoms with van der Waals surface area (Å²) in [6, 6.07) is 6.10. The smallest absolute Gasteiger partial charge is 0.191 e. The van der Waals surface area contributed by atoms with Crippen LogP contribution in [0.5, 0.6) is 5.75 Å². The Morgan fingerprint density at radius 1 is 1.43 bits per heavy atom. The summed E-state index contributed by atoms with van der Waals surface area (Å²) in [7, 11) is 0. The Kier molecular flexibility index (Phi) is 7.77. The molecule has 0 unspecified atom stereocenters. The van der Waals surface area contributed by atoms with E-state index in [1.54, 1.807) is 12.1 Å². The number of hydrogen-bond acceptors (Lipinski definition) is 2. The van der Waals surface area contributed by atoms with Gasteiger partial charge in [-0.2, -0.15) is 0 Å². The number of likely N-dealkylation sites (tertiary alicyclic amines) is 1. The molecular formula is C15H23FIN3O. The van der Waals surface area contributed by atoms with E-state index in [4.69, 9.17) is 10.5 Å². The molecule has 1 aromatic rings. The molecule has 0 spiro atoms. The lowest BCUT2D eigenvalue weighted by molar-refractivity contribution is 0.276. The first-order valence-corrected chi connectivity index (χ1v) is 7.08. The molecule has 0 amide bonds. The number of nitrogens with two attached hydrogens (primary N) is 1. The summed E-state index contributed by atoms with van der Waals surface area (Å²) in [5, 5.41) is 0. The van der Waals surface area contributed by atoms with E-state index < -0.39 is 0 Å². The molecule has 0 radical (unpaired) electrons. The Hall–Kier alpha value is -1.05. The molecule has 6 heteroatoms. The third-order valence-electron chi connectivity index (χ3n) is 3.54. The van der Waals surface area contributed by atoms with Crippen molar-refractivity contribution in [3.05, 3.63) is 30.1 Å². The Morgan fingerprint density at radius 2 is 2.14 bits per heavy atom. The van der Waals surface area contributed by atoms with E-state index in [2.05, 4.69) is 16.8 Å². The van der Waals surface area contributed by atoms with Crippen molar-refractivity contribution >= 4 is 29.9 Å². The summed E-state index contributed by atoms with van der Waals surface area (Å²) in [5.74, 6) is 1.58. The molecule has 118 valence electrons. The van der Waals surface area contributed by atoms with Gasteiger partial charge < -0.3 is 15.4 Å². The molecule has 0 atom stereocenters. The second-order valence-corrected chi connectivity index (χ2v) is 5.22. The number of ether oxygens (including phenoxy) is 1. The van der Waals surface area contributed by atoms with Crippen LogP contribution in [0.15, 0.2) is 29.3 Å². The number of benzene rings is 1. The summed E-state index contributed by atoms with van der Waals surface area (Å²) in [4.78, 5) is 6.43. The first-order valence-electron chi connectivity index (χ1n) is 7.08. The number of halogens is 2. The Labute approximate surface area is 142 Å². The first-order chi connectivity index (χ1) is 9.65. The van der Waals surface area contributed by atoms with Crippen LogP contribution in [0, 0.1) is 11.7 Å². The third kappa shape index (κ3) is 6.07. The second-order valence-electron chi connectivity index (χ2n) is 5.22. The molecule has 2 rings (SSSR count). The summed E-state index contributed by atoms with van der Waals surface area (Å²) in [6.07, 6.45) is 2.33. The quantitative estimate of drug-likeness (QED) is 0.362. The molecular weight excluding hydrogens is 384 g/mol. The highest BCUT2D eigenvalue weighted by Gasteiger charge is 2.16. The van der Waals surface area contributed by atoms with Crippen LogP contribution in [0.4, 0.5) is 4.39 Å². The molecule has 1 heterocycles. The van der Waals surface area contributed by atoms with Gasteiger partial charge in [0.25, 0.3) is 0 Å². The van der Waals surface area contributed by atoms with Crippen LogP contribution in [0.2, 0.25) is 0 Å².